The Morgan fingerprint density at radius 1 is 0.349 bits per heavy atom. The minimum absolute atomic E-state index is 0.00783. The van der Waals surface area contributed by atoms with Gasteiger partial charge < -0.3 is 18.3 Å². The lowest BCUT2D eigenvalue weighted by molar-refractivity contribution is 0.590. The zero-order chi connectivity index (χ0) is 56.2. The van der Waals surface area contributed by atoms with Crippen molar-refractivity contribution in [1.82, 2.24) is 4.57 Å². The third kappa shape index (κ3) is 6.47. The van der Waals surface area contributed by atoms with Gasteiger partial charge in [0, 0.05) is 76.9 Å². The van der Waals surface area contributed by atoms with Crippen LogP contribution >= 0.6 is 0 Å². The van der Waals surface area contributed by atoms with E-state index in [-0.39, 0.29) is 21.7 Å². The predicted molar refractivity (Wildman–Crippen MR) is 347 cm³/mol. The van der Waals surface area contributed by atoms with Crippen molar-refractivity contribution < 1.29 is 8.83 Å². The molecule has 0 fully saturated rings. The summed E-state index contributed by atoms with van der Waals surface area (Å²) in [6.45, 7) is 21.4. The van der Waals surface area contributed by atoms with Crippen molar-refractivity contribution in [1.29, 1.82) is 0 Å². The number of aromatic nitrogens is 1. The second-order valence-electron chi connectivity index (χ2n) is 26.4. The molecule has 4 nitrogen and oxygen atoms in total. The summed E-state index contributed by atoms with van der Waals surface area (Å²) in [5.41, 5.74) is 29.2. The van der Waals surface area contributed by atoms with Gasteiger partial charge in [-0.3, -0.25) is 0 Å². The number of fused-ring (bicyclic) bond motifs is 20. The summed E-state index contributed by atoms with van der Waals surface area (Å²) in [6, 6.07) is 79.4. The van der Waals surface area contributed by atoms with Gasteiger partial charge in [0.2, 0.25) is 0 Å². The molecule has 0 saturated heterocycles. The number of nitrogens with zero attached hydrogens (tertiary/aromatic N) is 2. The number of para-hydroxylation sites is 4. The van der Waals surface area contributed by atoms with E-state index in [0.29, 0.717) is 0 Å². The molecule has 17 rings (SSSR count). The molecule has 0 bridgehead atoms. The van der Waals surface area contributed by atoms with Crippen LogP contribution in [0.4, 0.5) is 17.1 Å². The van der Waals surface area contributed by atoms with Gasteiger partial charge in [-0.25, -0.2) is 0 Å². The summed E-state index contributed by atoms with van der Waals surface area (Å²) in [6.07, 6.45) is 0. The third-order valence-corrected chi connectivity index (χ3v) is 19.7. The van der Waals surface area contributed by atoms with Crippen LogP contribution in [0.25, 0.3) is 116 Å². The predicted octanol–water partition coefficient (Wildman–Crippen LogP) is 21.9. The lowest BCUT2D eigenvalue weighted by atomic mass is 9.79. The monoisotopic (exact) mass is 1070 g/mol. The Labute approximate surface area is 483 Å². The maximum atomic E-state index is 7.15. The van der Waals surface area contributed by atoms with Gasteiger partial charge >= 0.3 is 0 Å². The average molecular weight is 1070 g/mol. The fraction of sp³-hybridized carbons (Fsp3) is 0.165. The third-order valence-electron chi connectivity index (χ3n) is 19.7. The summed E-state index contributed by atoms with van der Waals surface area (Å²) in [5, 5.41) is 7.15. The number of hydrogen-bond donors (Lipinski definition) is 0. The molecule has 4 heteroatoms. The van der Waals surface area contributed by atoms with Crippen LogP contribution in [0, 0.1) is 0 Å². The average Bonchev–Trinajstić information content (AvgIpc) is 2.21. The van der Waals surface area contributed by atoms with E-state index < -0.39 is 0 Å². The second-order valence-corrected chi connectivity index (χ2v) is 26.4. The topological polar surface area (TPSA) is 34.5 Å². The van der Waals surface area contributed by atoms with Crippen molar-refractivity contribution in [3.63, 3.8) is 0 Å². The molecule has 0 spiro atoms. The van der Waals surface area contributed by atoms with Crippen molar-refractivity contribution in [2.75, 3.05) is 4.90 Å². The normalized spacial score (nSPS) is 15.1. The summed E-state index contributed by atoms with van der Waals surface area (Å²) < 4.78 is 16.1. The first-order valence-corrected chi connectivity index (χ1v) is 29.5. The molecule has 3 aliphatic rings. The van der Waals surface area contributed by atoms with Crippen LogP contribution in [-0.4, -0.2) is 4.57 Å². The Balaban J connectivity index is 0.837. The Morgan fingerprint density at radius 3 is 1.63 bits per heavy atom. The molecule has 0 amide bonds. The fourth-order valence-electron chi connectivity index (χ4n) is 15.5. The smallest absolute Gasteiger partial charge is 0.143 e. The Kier molecular flexibility index (Phi) is 9.56. The van der Waals surface area contributed by atoms with Crippen LogP contribution in [0.1, 0.15) is 101 Å². The van der Waals surface area contributed by atoms with Crippen LogP contribution in [0.15, 0.2) is 221 Å². The number of benzene rings is 11. The minimum atomic E-state index is -0.377. The summed E-state index contributed by atoms with van der Waals surface area (Å²) >= 11 is 0. The first-order chi connectivity index (χ1) is 40.1. The van der Waals surface area contributed by atoms with Gasteiger partial charge in [-0.2, -0.15) is 0 Å². The van der Waals surface area contributed by atoms with Crippen LogP contribution in [0.5, 0.6) is 0 Å². The van der Waals surface area contributed by atoms with Crippen LogP contribution in [0.2, 0.25) is 0 Å². The molecule has 14 aromatic rings. The molecule has 11 aromatic carbocycles. The van der Waals surface area contributed by atoms with Crippen molar-refractivity contribution in [3.8, 4) is 50.2 Å². The van der Waals surface area contributed by atoms with E-state index in [2.05, 4.69) is 284 Å². The number of anilines is 3. The maximum absolute atomic E-state index is 7.15. The molecule has 3 aromatic heterocycles. The van der Waals surface area contributed by atoms with E-state index >= 15 is 0 Å². The van der Waals surface area contributed by atoms with E-state index in [4.69, 9.17) is 8.83 Å². The van der Waals surface area contributed by atoms with Gasteiger partial charge in [-0.15, -0.1) is 0 Å². The highest BCUT2D eigenvalue weighted by Crippen LogP contribution is 2.61. The molecule has 83 heavy (non-hydrogen) atoms. The molecule has 0 unspecified atom stereocenters. The zero-order valence-corrected chi connectivity index (χ0v) is 48.4. The van der Waals surface area contributed by atoms with Crippen molar-refractivity contribution >= 4 is 82.7 Å². The minimum Gasteiger partial charge on any atom is -0.456 e. The van der Waals surface area contributed by atoms with Crippen molar-refractivity contribution in [2.24, 2.45) is 0 Å². The number of hydrogen-bond acceptors (Lipinski definition) is 3. The highest BCUT2D eigenvalue weighted by molar-refractivity contribution is 6.23. The Morgan fingerprint density at radius 2 is 0.892 bits per heavy atom. The molecule has 0 aliphatic heterocycles. The quantitative estimate of drug-likeness (QED) is 0.172. The van der Waals surface area contributed by atoms with Gasteiger partial charge in [0.1, 0.15) is 22.3 Å². The molecule has 0 N–H and O–H groups in total. The molecular weight excluding hydrogens is 1010 g/mol. The van der Waals surface area contributed by atoms with Crippen LogP contribution < -0.4 is 4.90 Å². The molecule has 400 valence electrons. The summed E-state index contributed by atoms with van der Waals surface area (Å²) in [7, 11) is 0. The van der Waals surface area contributed by atoms with E-state index in [1.54, 1.807) is 0 Å². The van der Waals surface area contributed by atoms with Gasteiger partial charge in [-0.05, 0) is 180 Å². The highest BCUT2D eigenvalue weighted by atomic mass is 16.3. The molecule has 0 radical (unpaired) electrons. The van der Waals surface area contributed by atoms with Crippen LogP contribution in [0.3, 0.4) is 0 Å². The van der Waals surface area contributed by atoms with Crippen molar-refractivity contribution in [2.45, 2.75) is 84.0 Å². The summed E-state index contributed by atoms with van der Waals surface area (Å²) in [4.78, 5) is 2.50. The molecule has 0 saturated carbocycles. The highest BCUT2D eigenvalue weighted by Gasteiger charge is 2.44. The standard InChI is InChI=1S/C79H62N2O2/c1-76(2,3)45-30-32-47(33-31-45)80(48-34-36-50-56-42-63-58(44-62(56)78(6,7)60(50)40-48)72-59(77(63,4)5)38-39-69-73(72)54-23-14-17-28-67(54)82-69)49-35-37-52-61(41-49)79(8,9)64-43-57(75-74(71(52)64)55-24-15-18-29-68(55)83-75)51-25-19-27-66-70(51)53-22-13-16-26-65(53)81(66)46-20-11-10-12-21-46/h10-44H,1-9H3. The van der Waals surface area contributed by atoms with Crippen molar-refractivity contribution in [3.05, 3.63) is 251 Å². The van der Waals surface area contributed by atoms with E-state index in [1.807, 2.05) is 0 Å². The lowest BCUT2D eigenvalue weighted by Crippen LogP contribution is -2.18. The lowest BCUT2D eigenvalue weighted by Gasteiger charge is -2.30. The van der Waals surface area contributed by atoms with E-state index in [9.17, 15) is 0 Å². The van der Waals surface area contributed by atoms with Gasteiger partial charge in [0.15, 0.2) is 0 Å². The number of rotatable bonds is 5. The Hall–Kier alpha value is -9.38. The molecule has 0 atom stereocenters. The SMILES string of the molecule is CC(C)(C)c1ccc(N(c2ccc3c(c2)C(C)(C)c2cc4c(cc2-3)C(C)(C)c2ccc3oc5ccccc5c3c2-4)c2ccc3c(c2)C(C)(C)c2cc(-c4cccc5c4c4ccccc4n5-c4ccccc4)c4oc5ccccc5c4c2-3)cc1. The van der Waals surface area contributed by atoms with E-state index in [0.717, 1.165) is 56.0 Å². The molecular formula is C79H62N2O2. The largest absolute Gasteiger partial charge is 0.456 e. The van der Waals surface area contributed by atoms with Crippen LogP contribution in [-0.2, 0) is 21.7 Å². The van der Waals surface area contributed by atoms with Gasteiger partial charge in [0.25, 0.3) is 0 Å². The van der Waals surface area contributed by atoms with E-state index in [1.165, 1.54) is 116 Å². The summed E-state index contributed by atoms with van der Waals surface area (Å²) in [5.74, 6) is 0. The first kappa shape index (κ1) is 48.3. The maximum Gasteiger partial charge on any atom is 0.143 e. The van der Waals surface area contributed by atoms with Gasteiger partial charge in [-0.1, -0.05) is 178 Å². The number of furan rings is 2. The first-order valence-electron chi connectivity index (χ1n) is 29.5. The molecule has 3 aliphatic carbocycles. The molecule has 3 heterocycles. The zero-order valence-electron chi connectivity index (χ0n) is 48.4. The fourth-order valence-corrected chi connectivity index (χ4v) is 15.5. The second kappa shape index (κ2) is 16.4. The Bertz CT molecular complexity index is 5150. The van der Waals surface area contributed by atoms with Gasteiger partial charge in [0.05, 0.1) is 11.0 Å².